The van der Waals surface area contributed by atoms with Crippen molar-refractivity contribution in [3.8, 4) is 0 Å². The molecule has 5 rings (SSSR count). The molecule has 2 amide bonds. The molecule has 14 heteroatoms. The van der Waals surface area contributed by atoms with Crippen molar-refractivity contribution < 1.29 is 27.9 Å². The van der Waals surface area contributed by atoms with Gasteiger partial charge in [0.2, 0.25) is 5.91 Å². The molecule has 3 atom stereocenters. The van der Waals surface area contributed by atoms with Gasteiger partial charge in [-0.15, -0.1) is 23.2 Å². The zero-order valence-electron chi connectivity index (χ0n) is 25.4. The monoisotopic (exact) mass is 757 g/mol. The Morgan fingerprint density at radius 1 is 0.896 bits per heavy atom. The smallest absolute Gasteiger partial charge is 0.416 e. The minimum atomic E-state index is -4.86. The van der Waals surface area contributed by atoms with E-state index in [1.807, 2.05) is 0 Å². The average molecular weight is 760 g/mol. The fourth-order valence-electron chi connectivity index (χ4n) is 5.93. The molecular weight excluding hydrogens is 733 g/mol. The third-order valence-corrected chi connectivity index (χ3v) is 9.62. The number of carbonyl (C=O) groups is 2. The van der Waals surface area contributed by atoms with Crippen LogP contribution in [0.2, 0.25) is 15.1 Å². The first kappa shape index (κ1) is 36.1. The van der Waals surface area contributed by atoms with Gasteiger partial charge in [-0.2, -0.15) is 13.2 Å². The normalized spacial score (nSPS) is 17.8. The molecule has 1 heterocycles. The molecule has 3 N–H and O–H groups in total. The quantitative estimate of drug-likeness (QED) is 0.164. The lowest BCUT2D eigenvalue weighted by Crippen LogP contribution is -2.25. The fraction of sp³-hybridized carbons (Fsp3) is 0.265. The number of alkyl halides is 5. The van der Waals surface area contributed by atoms with Gasteiger partial charge in [0.25, 0.3) is 0 Å². The van der Waals surface area contributed by atoms with Crippen LogP contribution in [-0.2, 0) is 16.4 Å². The number of amides is 2. The lowest BCUT2D eigenvalue weighted by molar-refractivity contribution is -0.138. The van der Waals surface area contributed by atoms with Crippen LogP contribution in [0.3, 0.4) is 0 Å². The number of nitrogens with zero attached hydrogens (tertiary/aromatic N) is 1. The molecule has 252 valence electrons. The van der Waals surface area contributed by atoms with Gasteiger partial charge in [0.15, 0.2) is 0 Å². The highest BCUT2D eigenvalue weighted by molar-refractivity contribution is 6.53. The van der Waals surface area contributed by atoms with Gasteiger partial charge in [-0.3, -0.25) is 10.1 Å². The van der Waals surface area contributed by atoms with Crippen LogP contribution < -0.4 is 10.6 Å². The largest absolute Gasteiger partial charge is 0.465 e. The molecule has 48 heavy (non-hydrogen) atoms. The number of hydrogen-bond donors (Lipinski definition) is 3. The van der Waals surface area contributed by atoms with Crippen LogP contribution >= 0.6 is 58.0 Å². The Labute approximate surface area is 299 Å². The third-order valence-electron chi connectivity index (χ3n) is 7.90. The van der Waals surface area contributed by atoms with Gasteiger partial charge in [-0.25, -0.2) is 9.78 Å². The Bertz CT molecular complexity index is 1880. The number of nitrogens with one attached hydrogen (secondary N) is 2. The number of pyridine rings is 1. The first-order valence-electron chi connectivity index (χ1n) is 14.4. The molecule has 1 aromatic heterocycles. The molecule has 3 aromatic carbocycles. The van der Waals surface area contributed by atoms with Crippen LogP contribution in [0, 0.1) is 5.92 Å². The van der Waals surface area contributed by atoms with Crippen LogP contribution in [0.1, 0.15) is 66.1 Å². The summed E-state index contributed by atoms with van der Waals surface area (Å²) in [6.45, 7) is 4.60. The zero-order chi connectivity index (χ0) is 35.3. The van der Waals surface area contributed by atoms with E-state index in [1.165, 1.54) is 45.0 Å². The second-order valence-corrected chi connectivity index (χ2v) is 15.1. The maximum absolute atomic E-state index is 14.7. The number of aromatic nitrogens is 1. The molecule has 1 aliphatic rings. The highest BCUT2D eigenvalue weighted by Gasteiger charge is 2.67. The molecule has 1 aliphatic carbocycles. The van der Waals surface area contributed by atoms with E-state index >= 15 is 0 Å². The second-order valence-electron chi connectivity index (χ2n) is 12.4. The Morgan fingerprint density at radius 3 is 2.08 bits per heavy atom. The van der Waals surface area contributed by atoms with Gasteiger partial charge < -0.3 is 10.4 Å². The van der Waals surface area contributed by atoms with Gasteiger partial charge in [0.05, 0.1) is 23.1 Å². The van der Waals surface area contributed by atoms with Crippen LogP contribution in [0.4, 0.5) is 29.5 Å². The second kappa shape index (κ2) is 13.2. The number of hydrogen-bond acceptors (Lipinski definition) is 3. The molecular formula is C34H27Cl5F3N3O3. The maximum atomic E-state index is 14.7. The molecule has 0 spiro atoms. The van der Waals surface area contributed by atoms with Crippen LogP contribution in [0.5, 0.6) is 0 Å². The predicted octanol–water partition coefficient (Wildman–Crippen LogP) is 11.2. The summed E-state index contributed by atoms with van der Waals surface area (Å²) in [5, 5.41) is 15.3. The van der Waals surface area contributed by atoms with Gasteiger partial charge >= 0.3 is 12.3 Å². The molecule has 0 aliphatic heterocycles. The Kier molecular flexibility index (Phi) is 9.96. The maximum Gasteiger partial charge on any atom is 0.416 e. The fourth-order valence-corrected chi connectivity index (χ4v) is 7.53. The SMILES string of the molecule is CC(C)(C)c1c(C(F)(F)F)cc(C(c2ccccc2)c2cc(NC(=O)[C@H]3[C@H](c4cc(Cl)cc(Cl)c4)C3(Cl)Cl)ccc2Cl)nc1NC(=O)O. The first-order valence-corrected chi connectivity index (χ1v) is 16.3. The van der Waals surface area contributed by atoms with E-state index < -0.39 is 57.1 Å². The number of carboxylic acid groups (broad SMARTS) is 1. The molecule has 6 nitrogen and oxygen atoms in total. The van der Waals surface area contributed by atoms with E-state index in [9.17, 15) is 27.9 Å². The van der Waals surface area contributed by atoms with E-state index in [2.05, 4.69) is 15.6 Å². The summed E-state index contributed by atoms with van der Waals surface area (Å²) in [7, 11) is 0. The zero-order valence-corrected chi connectivity index (χ0v) is 29.2. The van der Waals surface area contributed by atoms with E-state index in [4.69, 9.17) is 58.0 Å². The highest BCUT2D eigenvalue weighted by Crippen LogP contribution is 2.65. The van der Waals surface area contributed by atoms with Crippen molar-refractivity contribution in [2.75, 3.05) is 10.6 Å². The average Bonchev–Trinajstić information content (AvgIpc) is 3.55. The minimum Gasteiger partial charge on any atom is -0.465 e. The van der Waals surface area contributed by atoms with E-state index in [1.54, 1.807) is 42.5 Å². The van der Waals surface area contributed by atoms with E-state index in [0.29, 0.717) is 26.7 Å². The standard InChI is InChI=1S/C34H27Cl5F3N3O3/c1-32(2,3)27-22(34(40,41)42)15-24(44-29(27)45-31(47)48)25(16-7-5-4-6-8-16)21-14-20(9-10-23(21)37)43-30(46)28-26(33(28,38)39)17-11-18(35)13-19(36)12-17/h4-15,25-26,28H,1-3H3,(H,43,46)(H,44,45)(H,47,48)/t25?,26-,28+/m0/s1. The molecule has 0 radical (unpaired) electrons. The van der Waals surface area contributed by atoms with Crippen molar-refractivity contribution in [2.45, 2.75) is 48.5 Å². The van der Waals surface area contributed by atoms with E-state index in [0.717, 1.165) is 6.07 Å². The molecule has 4 aromatic rings. The molecule has 0 bridgehead atoms. The van der Waals surface area contributed by atoms with Crippen LogP contribution in [-0.4, -0.2) is 26.4 Å². The summed E-state index contributed by atoms with van der Waals surface area (Å²) in [5.41, 5.74) is -0.999. The molecule has 0 saturated heterocycles. The van der Waals surface area contributed by atoms with Crippen molar-refractivity contribution >= 4 is 81.5 Å². The third kappa shape index (κ3) is 7.50. The topological polar surface area (TPSA) is 91.3 Å². The predicted molar refractivity (Wildman–Crippen MR) is 184 cm³/mol. The number of halogens is 8. The summed E-state index contributed by atoms with van der Waals surface area (Å²) < 4.78 is 42.5. The van der Waals surface area contributed by atoms with E-state index in [-0.39, 0.29) is 22.0 Å². The Morgan fingerprint density at radius 2 is 1.52 bits per heavy atom. The summed E-state index contributed by atoms with van der Waals surface area (Å²) in [4.78, 5) is 29.7. The van der Waals surface area contributed by atoms with Crippen molar-refractivity contribution in [1.82, 2.24) is 4.98 Å². The number of benzene rings is 3. The highest BCUT2D eigenvalue weighted by atomic mass is 35.5. The van der Waals surface area contributed by atoms with Crippen molar-refractivity contribution in [3.05, 3.63) is 121 Å². The van der Waals surface area contributed by atoms with Crippen molar-refractivity contribution in [3.63, 3.8) is 0 Å². The summed E-state index contributed by atoms with van der Waals surface area (Å²) in [6, 6.07) is 18.7. The molecule has 1 fully saturated rings. The minimum absolute atomic E-state index is 0.128. The van der Waals surface area contributed by atoms with Gasteiger partial charge in [0.1, 0.15) is 10.2 Å². The lowest BCUT2D eigenvalue weighted by atomic mass is 9.81. The van der Waals surface area contributed by atoms with Gasteiger partial charge in [-0.1, -0.05) is 85.9 Å². The molecule has 1 saturated carbocycles. The first-order chi connectivity index (χ1) is 22.3. The van der Waals surface area contributed by atoms with Crippen molar-refractivity contribution in [1.29, 1.82) is 0 Å². The number of rotatable bonds is 7. The lowest BCUT2D eigenvalue weighted by Gasteiger charge is -2.29. The Balaban J connectivity index is 1.61. The van der Waals surface area contributed by atoms with Crippen LogP contribution in [0.15, 0.2) is 72.8 Å². The summed E-state index contributed by atoms with van der Waals surface area (Å²) >= 11 is 32.1. The molecule has 1 unspecified atom stereocenters. The van der Waals surface area contributed by atoms with Gasteiger partial charge in [0, 0.05) is 32.2 Å². The summed E-state index contributed by atoms with van der Waals surface area (Å²) in [5.74, 6) is -3.51. The van der Waals surface area contributed by atoms with Crippen molar-refractivity contribution in [2.24, 2.45) is 5.92 Å². The van der Waals surface area contributed by atoms with Gasteiger partial charge in [-0.05, 0) is 64.6 Å². The number of anilines is 2. The van der Waals surface area contributed by atoms with Crippen LogP contribution in [0.25, 0.3) is 0 Å². The Hall–Kier alpha value is -3.21. The number of carbonyl (C=O) groups excluding carboxylic acids is 1. The summed E-state index contributed by atoms with van der Waals surface area (Å²) in [6.07, 6.45) is -6.44.